The van der Waals surface area contributed by atoms with Crippen LogP contribution in [0.15, 0.2) is 18.2 Å². The molecule has 1 aromatic carbocycles. The fourth-order valence-corrected chi connectivity index (χ4v) is 2.45. The second kappa shape index (κ2) is 7.44. The van der Waals surface area contributed by atoms with Crippen molar-refractivity contribution in [3.05, 3.63) is 35.4 Å². The number of benzene rings is 1. The second-order valence-corrected chi connectivity index (χ2v) is 4.65. The molecule has 4 heteroatoms. The monoisotopic (exact) mass is 256 g/mol. The number of nitrogens with one attached hydrogen (secondary N) is 1. The number of halogens is 2. The molecule has 2 nitrogen and oxygen atoms in total. The number of hydrogen-bond donors (Lipinski definition) is 2. The molecule has 0 aliphatic heterocycles. The van der Waals surface area contributed by atoms with Crippen molar-refractivity contribution in [1.82, 2.24) is 5.43 Å². The average molecular weight is 256 g/mol. The minimum absolute atomic E-state index is 0.223. The molecule has 0 aliphatic rings. The third kappa shape index (κ3) is 3.75. The summed E-state index contributed by atoms with van der Waals surface area (Å²) in [4.78, 5) is 0. The fraction of sp³-hybridized carbons (Fsp3) is 0.571. The molecule has 0 amide bonds. The zero-order chi connectivity index (χ0) is 13.5. The van der Waals surface area contributed by atoms with Crippen LogP contribution < -0.4 is 11.3 Å². The first-order valence-corrected chi connectivity index (χ1v) is 6.55. The summed E-state index contributed by atoms with van der Waals surface area (Å²) >= 11 is 0. The van der Waals surface area contributed by atoms with Crippen molar-refractivity contribution in [2.45, 2.75) is 45.6 Å². The highest BCUT2D eigenvalue weighted by Gasteiger charge is 2.23. The lowest BCUT2D eigenvalue weighted by molar-refractivity contribution is 0.311. The lowest BCUT2D eigenvalue weighted by atomic mass is 9.86. The Balaban J connectivity index is 3.01. The number of rotatable bonds is 7. The smallest absolute Gasteiger partial charge is 0.128 e. The summed E-state index contributed by atoms with van der Waals surface area (Å²) in [5.41, 5.74) is 2.97. The molecular weight excluding hydrogens is 234 g/mol. The van der Waals surface area contributed by atoms with E-state index < -0.39 is 11.6 Å². The maximum atomic E-state index is 13.8. The van der Waals surface area contributed by atoms with Crippen molar-refractivity contribution in [1.29, 1.82) is 0 Å². The predicted molar refractivity (Wildman–Crippen MR) is 69.7 cm³/mol. The molecule has 0 heterocycles. The number of hydrogen-bond acceptors (Lipinski definition) is 2. The van der Waals surface area contributed by atoms with E-state index in [2.05, 4.69) is 19.3 Å². The Labute approximate surface area is 108 Å². The molecular formula is C14H22F2N2. The van der Waals surface area contributed by atoms with Gasteiger partial charge in [0.2, 0.25) is 0 Å². The minimum Gasteiger partial charge on any atom is -0.271 e. The van der Waals surface area contributed by atoms with Gasteiger partial charge in [-0.25, -0.2) is 8.78 Å². The first-order chi connectivity index (χ1) is 8.63. The van der Waals surface area contributed by atoms with E-state index in [1.807, 2.05) is 0 Å². The van der Waals surface area contributed by atoms with Gasteiger partial charge in [0.1, 0.15) is 11.6 Å². The van der Waals surface area contributed by atoms with Crippen molar-refractivity contribution in [3.63, 3.8) is 0 Å². The van der Waals surface area contributed by atoms with Crippen LogP contribution >= 0.6 is 0 Å². The topological polar surface area (TPSA) is 38.0 Å². The quantitative estimate of drug-likeness (QED) is 0.577. The van der Waals surface area contributed by atoms with E-state index in [1.54, 1.807) is 0 Å². The Morgan fingerprint density at radius 1 is 1.17 bits per heavy atom. The van der Waals surface area contributed by atoms with Gasteiger partial charge in [0, 0.05) is 5.56 Å². The van der Waals surface area contributed by atoms with Gasteiger partial charge in [0.15, 0.2) is 0 Å². The van der Waals surface area contributed by atoms with E-state index in [1.165, 1.54) is 6.07 Å². The van der Waals surface area contributed by atoms with Gasteiger partial charge in [-0.05, 0) is 37.0 Å². The van der Waals surface area contributed by atoms with Gasteiger partial charge in [0.25, 0.3) is 0 Å². The molecule has 0 spiro atoms. The Hall–Kier alpha value is -1.00. The molecule has 3 N–H and O–H groups in total. The highest BCUT2D eigenvalue weighted by Crippen LogP contribution is 2.30. The van der Waals surface area contributed by atoms with Gasteiger partial charge >= 0.3 is 0 Å². The van der Waals surface area contributed by atoms with Crippen LogP contribution in [-0.2, 0) is 0 Å². The highest BCUT2D eigenvalue weighted by molar-refractivity contribution is 5.23. The van der Waals surface area contributed by atoms with Crippen LogP contribution in [0, 0.1) is 17.6 Å². The molecule has 18 heavy (non-hydrogen) atoms. The summed E-state index contributed by atoms with van der Waals surface area (Å²) in [5, 5.41) is 0. The number of nitrogens with two attached hydrogens (primary N) is 1. The van der Waals surface area contributed by atoms with Crippen molar-refractivity contribution in [2.24, 2.45) is 11.8 Å². The first-order valence-electron chi connectivity index (χ1n) is 6.55. The maximum Gasteiger partial charge on any atom is 0.128 e. The van der Waals surface area contributed by atoms with Crippen LogP contribution in [0.1, 0.15) is 51.1 Å². The van der Waals surface area contributed by atoms with Crippen molar-refractivity contribution in [3.8, 4) is 0 Å². The summed E-state index contributed by atoms with van der Waals surface area (Å²) in [6.07, 6.45) is 3.89. The normalized spacial score (nSPS) is 13.0. The maximum absolute atomic E-state index is 13.8. The van der Waals surface area contributed by atoms with Gasteiger partial charge < -0.3 is 0 Å². The van der Waals surface area contributed by atoms with Crippen LogP contribution in [0.3, 0.4) is 0 Å². The Bertz CT molecular complexity index is 363. The van der Waals surface area contributed by atoms with E-state index in [0.29, 0.717) is 5.56 Å². The molecule has 0 fully saturated rings. The summed E-state index contributed by atoms with van der Waals surface area (Å²) in [6, 6.07) is 3.18. The molecule has 0 aliphatic carbocycles. The molecule has 0 bridgehead atoms. The molecule has 102 valence electrons. The first kappa shape index (κ1) is 15.1. The third-order valence-corrected chi connectivity index (χ3v) is 3.26. The highest BCUT2D eigenvalue weighted by atomic mass is 19.1. The Morgan fingerprint density at radius 3 is 2.28 bits per heavy atom. The summed E-state index contributed by atoms with van der Waals surface area (Å²) in [7, 11) is 0. The molecule has 1 rings (SSSR count). The van der Waals surface area contributed by atoms with E-state index in [9.17, 15) is 8.78 Å². The Morgan fingerprint density at radius 2 is 1.78 bits per heavy atom. The zero-order valence-corrected chi connectivity index (χ0v) is 11.0. The molecule has 0 saturated carbocycles. The molecule has 1 aromatic rings. The lowest BCUT2D eigenvalue weighted by Gasteiger charge is -2.27. The fourth-order valence-electron chi connectivity index (χ4n) is 2.45. The van der Waals surface area contributed by atoms with Gasteiger partial charge in [-0.3, -0.25) is 11.3 Å². The lowest BCUT2D eigenvalue weighted by Crippen LogP contribution is -2.34. The second-order valence-electron chi connectivity index (χ2n) is 4.65. The van der Waals surface area contributed by atoms with Crippen LogP contribution in [0.2, 0.25) is 0 Å². The van der Waals surface area contributed by atoms with Crippen LogP contribution in [-0.4, -0.2) is 0 Å². The molecule has 0 aromatic heterocycles. The van der Waals surface area contributed by atoms with Gasteiger partial charge in [0.05, 0.1) is 6.04 Å². The van der Waals surface area contributed by atoms with E-state index in [-0.39, 0.29) is 12.0 Å². The van der Waals surface area contributed by atoms with Crippen molar-refractivity contribution >= 4 is 0 Å². The van der Waals surface area contributed by atoms with Gasteiger partial charge in [-0.15, -0.1) is 0 Å². The minimum atomic E-state index is -0.432. The van der Waals surface area contributed by atoms with Crippen LogP contribution in [0.5, 0.6) is 0 Å². The van der Waals surface area contributed by atoms with E-state index >= 15 is 0 Å². The SMILES string of the molecule is CCCC(CCC)C(NN)c1cc(F)ccc1F. The standard InChI is InChI=1S/C14H22F2N2/c1-3-5-10(6-4-2)14(18-17)12-9-11(15)7-8-13(12)16/h7-10,14,18H,3-6,17H2,1-2H3. The van der Waals surface area contributed by atoms with Gasteiger partial charge in [-0.2, -0.15) is 0 Å². The van der Waals surface area contributed by atoms with Crippen molar-refractivity contribution < 1.29 is 8.78 Å². The Kier molecular flexibility index (Phi) is 6.22. The summed E-state index contributed by atoms with van der Waals surface area (Å²) < 4.78 is 27.0. The van der Waals surface area contributed by atoms with Gasteiger partial charge in [-0.1, -0.05) is 26.7 Å². The van der Waals surface area contributed by atoms with Crippen LogP contribution in [0.25, 0.3) is 0 Å². The average Bonchev–Trinajstić information content (AvgIpc) is 2.35. The number of hydrazine groups is 1. The predicted octanol–water partition coefficient (Wildman–Crippen LogP) is 3.69. The van der Waals surface area contributed by atoms with Crippen molar-refractivity contribution in [2.75, 3.05) is 0 Å². The molecule has 1 atom stereocenters. The molecule has 1 unspecified atom stereocenters. The largest absolute Gasteiger partial charge is 0.271 e. The van der Waals surface area contributed by atoms with Crippen LogP contribution in [0.4, 0.5) is 8.78 Å². The van der Waals surface area contributed by atoms with E-state index in [4.69, 9.17) is 5.84 Å². The molecule has 0 radical (unpaired) electrons. The zero-order valence-electron chi connectivity index (χ0n) is 11.0. The third-order valence-electron chi connectivity index (χ3n) is 3.26. The summed E-state index contributed by atoms with van der Waals surface area (Å²) in [5.74, 6) is 4.93. The van der Waals surface area contributed by atoms with E-state index in [0.717, 1.165) is 37.8 Å². The summed E-state index contributed by atoms with van der Waals surface area (Å²) in [6.45, 7) is 4.16. The molecule has 0 saturated heterocycles.